The smallest absolute Gasteiger partial charge is 0.264 e. The fourth-order valence-electron chi connectivity index (χ4n) is 4.40. The van der Waals surface area contributed by atoms with Crippen LogP contribution in [0.3, 0.4) is 0 Å². The minimum atomic E-state index is -4.44. The SMILES string of the molecule is CCC(C(=O)NC(C)(C)C)N(Cc1ccc(F)cc1)C(=O)CN(c1ccc(F)cc1)S(=O)(=O)c1ccc(OC)c(OC)c1. The van der Waals surface area contributed by atoms with E-state index in [1.165, 1.54) is 73.7 Å². The molecule has 0 spiro atoms. The summed E-state index contributed by atoms with van der Waals surface area (Å²) in [6.45, 7) is 6.32. The first kappa shape index (κ1) is 33.3. The van der Waals surface area contributed by atoms with Crippen LogP contribution < -0.4 is 19.1 Å². The van der Waals surface area contributed by atoms with Gasteiger partial charge in [-0.15, -0.1) is 0 Å². The molecule has 1 unspecified atom stereocenters. The normalized spacial score (nSPS) is 12.3. The third-order valence-corrected chi connectivity index (χ3v) is 8.26. The van der Waals surface area contributed by atoms with Gasteiger partial charge in [-0.05, 0) is 81.3 Å². The largest absolute Gasteiger partial charge is 0.493 e. The van der Waals surface area contributed by atoms with Crippen molar-refractivity contribution in [1.29, 1.82) is 0 Å². The molecule has 0 heterocycles. The minimum Gasteiger partial charge on any atom is -0.493 e. The number of anilines is 1. The molecule has 0 saturated carbocycles. The van der Waals surface area contributed by atoms with Crippen molar-refractivity contribution in [2.45, 2.75) is 57.1 Å². The van der Waals surface area contributed by atoms with Gasteiger partial charge in [0.2, 0.25) is 11.8 Å². The van der Waals surface area contributed by atoms with Crippen LogP contribution in [0, 0.1) is 11.6 Å². The van der Waals surface area contributed by atoms with E-state index in [1.807, 2.05) is 0 Å². The van der Waals surface area contributed by atoms with E-state index in [9.17, 15) is 26.8 Å². The number of ether oxygens (including phenoxy) is 2. The summed E-state index contributed by atoms with van der Waals surface area (Å²) >= 11 is 0. The molecule has 0 aliphatic carbocycles. The molecule has 3 aromatic rings. The van der Waals surface area contributed by atoms with E-state index >= 15 is 0 Å². The van der Waals surface area contributed by atoms with Gasteiger partial charge in [-0.2, -0.15) is 0 Å². The maximum atomic E-state index is 14.1. The molecule has 43 heavy (non-hydrogen) atoms. The highest BCUT2D eigenvalue weighted by Gasteiger charge is 2.35. The monoisotopic (exact) mass is 617 g/mol. The summed E-state index contributed by atoms with van der Waals surface area (Å²) in [5.74, 6) is -1.75. The molecule has 9 nitrogen and oxygen atoms in total. The topological polar surface area (TPSA) is 105 Å². The average molecular weight is 618 g/mol. The maximum absolute atomic E-state index is 14.1. The lowest BCUT2D eigenvalue weighted by atomic mass is 10.1. The lowest BCUT2D eigenvalue weighted by Gasteiger charge is -2.34. The minimum absolute atomic E-state index is 0.0264. The second-order valence-electron chi connectivity index (χ2n) is 10.8. The maximum Gasteiger partial charge on any atom is 0.264 e. The van der Waals surface area contributed by atoms with Gasteiger partial charge in [0.1, 0.15) is 24.2 Å². The van der Waals surface area contributed by atoms with Crippen LogP contribution in [0.2, 0.25) is 0 Å². The Balaban J connectivity index is 2.10. The van der Waals surface area contributed by atoms with Crippen molar-refractivity contribution in [2.24, 2.45) is 0 Å². The molecule has 0 fully saturated rings. The Labute approximate surface area is 251 Å². The van der Waals surface area contributed by atoms with Crippen molar-refractivity contribution in [3.8, 4) is 11.5 Å². The second kappa shape index (κ2) is 13.9. The highest BCUT2D eigenvalue weighted by atomic mass is 32.2. The highest BCUT2D eigenvalue weighted by molar-refractivity contribution is 7.92. The Kier molecular flexibility index (Phi) is 10.7. The number of amides is 2. The highest BCUT2D eigenvalue weighted by Crippen LogP contribution is 2.32. The van der Waals surface area contributed by atoms with Crippen LogP contribution >= 0.6 is 0 Å². The van der Waals surface area contributed by atoms with Crippen molar-refractivity contribution in [1.82, 2.24) is 10.2 Å². The van der Waals surface area contributed by atoms with Crippen LogP contribution in [0.5, 0.6) is 11.5 Å². The Bertz CT molecular complexity index is 1520. The molecule has 1 N–H and O–H groups in total. The summed E-state index contributed by atoms with van der Waals surface area (Å²) in [4.78, 5) is 28.5. The number of carbonyl (C=O) groups is 2. The number of benzene rings is 3. The molecule has 2 amide bonds. The zero-order chi connectivity index (χ0) is 31.9. The van der Waals surface area contributed by atoms with Crippen LogP contribution in [-0.2, 0) is 26.2 Å². The van der Waals surface area contributed by atoms with Crippen LogP contribution in [0.25, 0.3) is 0 Å². The van der Waals surface area contributed by atoms with Crippen molar-refractivity contribution >= 4 is 27.5 Å². The fourth-order valence-corrected chi connectivity index (χ4v) is 5.83. The molecular formula is C31H37F2N3O6S. The predicted octanol–water partition coefficient (Wildman–Crippen LogP) is 4.90. The van der Waals surface area contributed by atoms with E-state index in [4.69, 9.17) is 9.47 Å². The van der Waals surface area contributed by atoms with Gasteiger partial charge in [0.15, 0.2) is 11.5 Å². The fraction of sp³-hybridized carbons (Fsp3) is 0.355. The molecule has 12 heteroatoms. The summed E-state index contributed by atoms with van der Waals surface area (Å²) in [6, 6.07) is 13.1. The van der Waals surface area contributed by atoms with Crippen molar-refractivity contribution in [3.63, 3.8) is 0 Å². The summed E-state index contributed by atoms with van der Waals surface area (Å²) in [5.41, 5.74) is -0.0438. The lowest BCUT2D eigenvalue weighted by Crippen LogP contribution is -2.55. The third-order valence-electron chi connectivity index (χ3n) is 6.49. The average Bonchev–Trinajstić information content (AvgIpc) is 2.95. The number of sulfonamides is 1. The zero-order valence-electron chi connectivity index (χ0n) is 25.1. The van der Waals surface area contributed by atoms with E-state index in [2.05, 4.69) is 5.32 Å². The first-order valence-electron chi connectivity index (χ1n) is 13.6. The zero-order valence-corrected chi connectivity index (χ0v) is 25.9. The van der Waals surface area contributed by atoms with Crippen LogP contribution in [0.4, 0.5) is 14.5 Å². The molecule has 0 aromatic heterocycles. The standard InChI is InChI=1S/C31H37F2N3O6S/c1-7-26(30(38)34-31(2,3)4)35(19-21-8-10-22(32)11-9-21)29(37)20-36(24-14-12-23(33)13-15-24)43(39,40)25-16-17-27(41-5)28(18-25)42-6/h8-18,26H,7,19-20H2,1-6H3,(H,34,38). The van der Waals surface area contributed by atoms with Gasteiger partial charge in [-0.25, -0.2) is 17.2 Å². The molecule has 0 bridgehead atoms. The van der Waals surface area contributed by atoms with Crippen LogP contribution in [0.1, 0.15) is 39.7 Å². The molecular weight excluding hydrogens is 580 g/mol. The van der Waals surface area contributed by atoms with E-state index in [0.29, 0.717) is 11.3 Å². The lowest BCUT2D eigenvalue weighted by molar-refractivity contribution is -0.141. The summed E-state index contributed by atoms with van der Waals surface area (Å²) in [5, 5.41) is 2.88. The van der Waals surface area contributed by atoms with Crippen molar-refractivity contribution < 1.29 is 36.3 Å². The van der Waals surface area contributed by atoms with Gasteiger partial charge in [-0.1, -0.05) is 19.1 Å². The molecule has 3 rings (SSSR count). The molecule has 0 aliphatic rings. The Morgan fingerprint density at radius 1 is 0.884 bits per heavy atom. The molecule has 1 atom stereocenters. The van der Waals surface area contributed by atoms with Gasteiger partial charge in [-0.3, -0.25) is 13.9 Å². The quantitative estimate of drug-likeness (QED) is 0.310. The Morgan fingerprint density at radius 3 is 1.95 bits per heavy atom. The van der Waals surface area contributed by atoms with E-state index in [1.54, 1.807) is 27.7 Å². The molecule has 232 valence electrons. The first-order valence-corrected chi connectivity index (χ1v) is 15.0. The predicted molar refractivity (Wildman–Crippen MR) is 159 cm³/mol. The molecule has 0 aliphatic heterocycles. The number of halogens is 2. The molecule has 0 radical (unpaired) electrons. The van der Waals surface area contributed by atoms with E-state index in [0.717, 1.165) is 16.4 Å². The van der Waals surface area contributed by atoms with E-state index < -0.39 is 51.6 Å². The van der Waals surface area contributed by atoms with Crippen LogP contribution in [0.15, 0.2) is 71.6 Å². The Hall–Kier alpha value is -4.19. The summed E-state index contributed by atoms with van der Waals surface area (Å²) in [6.07, 6.45) is 0.216. The third kappa shape index (κ3) is 8.44. The number of hydrogen-bond donors (Lipinski definition) is 1. The first-order chi connectivity index (χ1) is 20.2. The molecule has 3 aromatic carbocycles. The van der Waals surface area contributed by atoms with Gasteiger partial charge in [0.25, 0.3) is 10.0 Å². The van der Waals surface area contributed by atoms with Gasteiger partial charge in [0, 0.05) is 18.2 Å². The number of methoxy groups -OCH3 is 2. The number of nitrogens with zero attached hydrogens (tertiary/aromatic N) is 2. The van der Waals surface area contributed by atoms with Gasteiger partial charge in [0.05, 0.1) is 24.8 Å². The van der Waals surface area contributed by atoms with E-state index in [-0.39, 0.29) is 29.3 Å². The van der Waals surface area contributed by atoms with Crippen LogP contribution in [-0.4, -0.2) is 57.5 Å². The van der Waals surface area contributed by atoms with Crippen molar-refractivity contribution in [2.75, 3.05) is 25.1 Å². The number of rotatable bonds is 12. The Morgan fingerprint density at radius 2 is 1.44 bits per heavy atom. The number of carbonyl (C=O) groups excluding carboxylic acids is 2. The second-order valence-corrected chi connectivity index (χ2v) is 12.7. The van der Waals surface area contributed by atoms with Crippen molar-refractivity contribution in [3.05, 3.63) is 83.9 Å². The number of nitrogens with one attached hydrogen (secondary N) is 1. The summed E-state index contributed by atoms with van der Waals surface area (Å²) < 4.78 is 66.9. The van der Waals surface area contributed by atoms with Gasteiger partial charge >= 0.3 is 0 Å². The van der Waals surface area contributed by atoms with Gasteiger partial charge < -0.3 is 19.7 Å². The number of hydrogen-bond acceptors (Lipinski definition) is 6. The molecule has 0 saturated heterocycles. The summed E-state index contributed by atoms with van der Waals surface area (Å²) in [7, 11) is -1.67.